The van der Waals surface area contributed by atoms with Gasteiger partial charge in [-0.2, -0.15) is 0 Å². The minimum absolute atomic E-state index is 0. The van der Waals surface area contributed by atoms with E-state index < -0.39 is 0 Å². The number of piperazine rings is 1. The summed E-state index contributed by atoms with van der Waals surface area (Å²) < 4.78 is 1.00. The Morgan fingerprint density at radius 3 is 2.62 bits per heavy atom. The van der Waals surface area contributed by atoms with Gasteiger partial charge in [0.15, 0.2) is 5.82 Å². The van der Waals surface area contributed by atoms with Crippen molar-refractivity contribution in [3.8, 4) is 16.2 Å². The van der Waals surface area contributed by atoms with Gasteiger partial charge in [-0.05, 0) is 42.4 Å². The highest BCUT2D eigenvalue weighted by Crippen LogP contribution is 2.37. The molecule has 0 unspecified atom stereocenters. The Hall–Kier alpha value is -2.71. The number of thiophene rings is 1. The van der Waals surface area contributed by atoms with E-state index in [4.69, 9.17) is 0 Å². The summed E-state index contributed by atoms with van der Waals surface area (Å²) in [5.74, 6) is 0.972. The number of aromatic hydroxyl groups is 1. The molecule has 1 saturated heterocycles. The van der Waals surface area contributed by atoms with E-state index in [1.165, 1.54) is 16.0 Å². The molecule has 0 bridgehead atoms. The number of fused-ring (bicyclic) bond motifs is 1. The van der Waals surface area contributed by atoms with Crippen LogP contribution in [-0.2, 0) is 6.54 Å². The molecule has 2 aromatic heterocycles. The predicted octanol–water partition coefficient (Wildman–Crippen LogP) is 4.98. The topological polar surface area (TPSA) is 64.5 Å². The minimum Gasteiger partial charge on any atom is -0.508 e. The van der Waals surface area contributed by atoms with E-state index in [1.54, 1.807) is 29.8 Å². The van der Waals surface area contributed by atoms with Crippen LogP contribution in [0.1, 0.15) is 5.56 Å². The third kappa shape index (κ3) is 5.02. The van der Waals surface area contributed by atoms with Gasteiger partial charge in [0.2, 0.25) is 0 Å². The number of rotatable bonds is 5. The molecule has 0 saturated carbocycles. The van der Waals surface area contributed by atoms with Crippen LogP contribution in [0.25, 0.3) is 20.7 Å². The summed E-state index contributed by atoms with van der Waals surface area (Å²) in [4.78, 5) is 15.0. The molecule has 0 atom stereocenters. The van der Waals surface area contributed by atoms with Crippen LogP contribution >= 0.6 is 23.7 Å². The number of phenols is 1. The van der Waals surface area contributed by atoms with Crippen LogP contribution in [0.15, 0.2) is 60.9 Å². The lowest BCUT2D eigenvalue weighted by molar-refractivity contribution is 0.148. The molecule has 32 heavy (non-hydrogen) atoms. The number of likely N-dealkylation sites (N-methyl/N-ethyl adjacent to an activating group) is 1. The predicted molar refractivity (Wildman–Crippen MR) is 134 cm³/mol. The van der Waals surface area contributed by atoms with Crippen LogP contribution in [0.5, 0.6) is 5.75 Å². The van der Waals surface area contributed by atoms with Crippen molar-refractivity contribution in [2.45, 2.75) is 6.54 Å². The van der Waals surface area contributed by atoms with Crippen molar-refractivity contribution in [2.24, 2.45) is 0 Å². The summed E-state index contributed by atoms with van der Waals surface area (Å²) in [5.41, 5.74) is 4.26. The molecule has 6 nitrogen and oxygen atoms in total. The monoisotopic (exact) mass is 467 g/mol. The van der Waals surface area contributed by atoms with Crippen molar-refractivity contribution in [1.29, 1.82) is 0 Å². The average molecular weight is 468 g/mol. The summed E-state index contributed by atoms with van der Waals surface area (Å²) >= 11 is 1.69. The first-order valence-electron chi connectivity index (χ1n) is 10.4. The van der Waals surface area contributed by atoms with Gasteiger partial charge in [0.05, 0.1) is 10.2 Å². The van der Waals surface area contributed by atoms with Gasteiger partial charge in [0.1, 0.15) is 12.1 Å². The molecule has 2 aromatic carbocycles. The Balaban J connectivity index is 0.00000245. The summed E-state index contributed by atoms with van der Waals surface area (Å²) in [6, 6.07) is 18.0. The molecular formula is C24H26ClN5OS. The van der Waals surface area contributed by atoms with E-state index in [0.717, 1.165) is 54.4 Å². The maximum absolute atomic E-state index is 9.74. The fourth-order valence-electron chi connectivity index (χ4n) is 3.89. The molecule has 166 valence electrons. The lowest BCUT2D eigenvalue weighted by Crippen LogP contribution is -2.43. The SMILES string of the molecule is CN1CCN(Cc2cccc(-c3cc4ncnc(Nc5cccc(O)c5)c4s3)c2)CC1.Cl. The zero-order valence-electron chi connectivity index (χ0n) is 17.9. The summed E-state index contributed by atoms with van der Waals surface area (Å²) in [5, 5.41) is 13.0. The fourth-order valence-corrected chi connectivity index (χ4v) is 4.95. The van der Waals surface area contributed by atoms with Crippen molar-refractivity contribution >= 4 is 45.5 Å². The minimum atomic E-state index is 0. The second kappa shape index (κ2) is 9.83. The quantitative estimate of drug-likeness (QED) is 0.431. The van der Waals surface area contributed by atoms with Gasteiger partial charge < -0.3 is 15.3 Å². The summed E-state index contributed by atoms with van der Waals surface area (Å²) in [6.07, 6.45) is 1.58. The molecular weight excluding hydrogens is 442 g/mol. The summed E-state index contributed by atoms with van der Waals surface area (Å²) in [7, 11) is 2.19. The third-order valence-corrected chi connectivity index (χ3v) is 6.81. The second-order valence-electron chi connectivity index (χ2n) is 8.00. The average Bonchev–Trinajstić information content (AvgIpc) is 3.21. The van der Waals surface area contributed by atoms with Gasteiger partial charge in [0.25, 0.3) is 0 Å². The molecule has 8 heteroatoms. The third-order valence-electron chi connectivity index (χ3n) is 5.63. The van der Waals surface area contributed by atoms with Crippen LogP contribution in [0.4, 0.5) is 11.5 Å². The number of nitrogens with zero attached hydrogens (tertiary/aromatic N) is 4. The Bertz CT molecular complexity index is 1210. The maximum atomic E-state index is 9.74. The van der Waals surface area contributed by atoms with Gasteiger partial charge in [-0.1, -0.05) is 24.3 Å². The molecule has 2 N–H and O–H groups in total. The largest absolute Gasteiger partial charge is 0.508 e. The lowest BCUT2D eigenvalue weighted by Gasteiger charge is -2.32. The maximum Gasteiger partial charge on any atom is 0.151 e. The highest BCUT2D eigenvalue weighted by Gasteiger charge is 2.15. The van der Waals surface area contributed by atoms with Gasteiger partial charge in [-0.15, -0.1) is 23.7 Å². The molecule has 1 aliphatic rings. The zero-order valence-corrected chi connectivity index (χ0v) is 19.5. The normalized spacial score (nSPS) is 14.9. The number of phenolic OH excluding ortho intramolecular Hbond substituents is 1. The zero-order chi connectivity index (χ0) is 21.2. The van der Waals surface area contributed by atoms with Crippen molar-refractivity contribution in [3.05, 3.63) is 66.5 Å². The van der Waals surface area contributed by atoms with E-state index in [-0.39, 0.29) is 18.2 Å². The first-order chi connectivity index (χ1) is 15.1. The Morgan fingerprint density at radius 2 is 1.81 bits per heavy atom. The molecule has 4 aromatic rings. The van der Waals surface area contributed by atoms with Crippen LogP contribution in [-0.4, -0.2) is 58.1 Å². The van der Waals surface area contributed by atoms with Crippen molar-refractivity contribution in [1.82, 2.24) is 19.8 Å². The highest BCUT2D eigenvalue weighted by molar-refractivity contribution is 7.22. The van der Waals surface area contributed by atoms with Gasteiger partial charge in [0, 0.05) is 49.4 Å². The van der Waals surface area contributed by atoms with Crippen molar-refractivity contribution < 1.29 is 5.11 Å². The van der Waals surface area contributed by atoms with Crippen LogP contribution in [0, 0.1) is 0 Å². The van der Waals surface area contributed by atoms with E-state index in [0.29, 0.717) is 0 Å². The first-order valence-corrected chi connectivity index (χ1v) is 11.3. The molecule has 3 heterocycles. The van der Waals surface area contributed by atoms with E-state index in [9.17, 15) is 5.11 Å². The number of hydrogen-bond donors (Lipinski definition) is 2. The van der Waals surface area contributed by atoms with Gasteiger partial charge in [-0.3, -0.25) is 4.90 Å². The van der Waals surface area contributed by atoms with Crippen molar-refractivity contribution in [3.63, 3.8) is 0 Å². The van der Waals surface area contributed by atoms with Crippen LogP contribution in [0.3, 0.4) is 0 Å². The second-order valence-corrected chi connectivity index (χ2v) is 9.05. The van der Waals surface area contributed by atoms with Crippen molar-refractivity contribution in [2.75, 3.05) is 38.5 Å². The van der Waals surface area contributed by atoms with E-state index in [2.05, 4.69) is 62.5 Å². The van der Waals surface area contributed by atoms with Crippen LogP contribution in [0.2, 0.25) is 0 Å². The number of anilines is 2. The smallest absolute Gasteiger partial charge is 0.151 e. The number of halogens is 1. The number of hydrogen-bond acceptors (Lipinski definition) is 7. The summed E-state index contributed by atoms with van der Waals surface area (Å²) in [6.45, 7) is 5.47. The number of aromatic nitrogens is 2. The number of nitrogens with one attached hydrogen (secondary N) is 1. The Morgan fingerprint density at radius 1 is 1.00 bits per heavy atom. The number of benzene rings is 2. The molecule has 0 amide bonds. The first kappa shape index (κ1) is 22.5. The molecule has 1 fully saturated rings. The molecule has 0 radical (unpaired) electrons. The highest BCUT2D eigenvalue weighted by atomic mass is 35.5. The lowest BCUT2D eigenvalue weighted by atomic mass is 10.1. The fraction of sp³-hybridized carbons (Fsp3) is 0.250. The van der Waals surface area contributed by atoms with Gasteiger partial charge in [-0.25, -0.2) is 9.97 Å². The Kier molecular flexibility index (Phi) is 6.91. The molecule has 0 spiro atoms. The van der Waals surface area contributed by atoms with E-state index >= 15 is 0 Å². The standard InChI is InChI=1S/C24H25N5OS.ClH/c1-28-8-10-29(11-9-28)15-17-4-2-5-18(12-17)22-14-21-23(31-22)24(26-16-25-21)27-19-6-3-7-20(30)13-19;/h2-7,12-14,16,30H,8-11,15H2,1H3,(H,25,26,27);1H. The van der Waals surface area contributed by atoms with E-state index in [1.807, 2.05) is 12.1 Å². The molecule has 1 aliphatic heterocycles. The van der Waals surface area contributed by atoms with Gasteiger partial charge >= 0.3 is 0 Å². The Labute approximate surface area is 198 Å². The van der Waals surface area contributed by atoms with Crippen LogP contribution < -0.4 is 5.32 Å². The molecule has 0 aliphatic carbocycles. The molecule has 5 rings (SSSR count).